The Morgan fingerprint density at radius 3 is 2.18 bits per heavy atom. The first-order chi connectivity index (χ1) is 8.10. The highest BCUT2D eigenvalue weighted by molar-refractivity contribution is 6.17. The molecule has 0 amide bonds. The topological polar surface area (TPSA) is 0 Å². The number of alkyl halides is 1. The lowest BCUT2D eigenvalue weighted by molar-refractivity contribution is 0.382. The molecule has 0 aromatic heterocycles. The molecule has 0 heterocycles. The maximum absolute atomic E-state index is 5.81. The molecule has 2 heteroatoms. The van der Waals surface area contributed by atoms with Crippen molar-refractivity contribution in [2.45, 2.75) is 38.5 Å². The second-order valence-corrected chi connectivity index (χ2v) is 5.54. The fraction of sp³-hybridized carbons (Fsp3) is 0.600. The predicted octanol–water partition coefficient (Wildman–Crippen LogP) is 4.57. The Morgan fingerprint density at radius 1 is 1.00 bits per heavy atom. The first-order valence-corrected chi connectivity index (χ1v) is 7.12. The first-order valence-electron chi connectivity index (χ1n) is 6.58. The molecular weight excluding hydrogens is 230 g/mol. The molecule has 0 aliphatic rings. The first kappa shape index (κ1) is 14.5. The van der Waals surface area contributed by atoms with E-state index in [-0.39, 0.29) is 0 Å². The molecule has 96 valence electrons. The van der Waals surface area contributed by atoms with E-state index in [1.807, 2.05) is 0 Å². The Bertz CT molecular complexity index is 316. The zero-order valence-corrected chi connectivity index (χ0v) is 12.1. The van der Waals surface area contributed by atoms with E-state index in [0.717, 1.165) is 4.48 Å². The van der Waals surface area contributed by atoms with Gasteiger partial charge in [0.25, 0.3) is 0 Å². The van der Waals surface area contributed by atoms with Gasteiger partial charge in [-0.15, -0.1) is 11.6 Å². The summed E-state index contributed by atoms with van der Waals surface area (Å²) < 4.78 is 0.965. The van der Waals surface area contributed by atoms with E-state index in [1.54, 1.807) is 0 Å². The van der Waals surface area contributed by atoms with Crippen molar-refractivity contribution in [3.05, 3.63) is 29.8 Å². The summed E-state index contributed by atoms with van der Waals surface area (Å²) in [6, 6.07) is 8.68. The van der Waals surface area contributed by atoms with Gasteiger partial charge in [0.1, 0.15) is 5.69 Å². The highest BCUT2D eigenvalue weighted by Crippen LogP contribution is 2.21. The number of halogens is 1. The molecule has 0 saturated carbocycles. The number of nitrogens with zero attached hydrogens (tertiary/aromatic N) is 1. The number of unbranched alkanes of at least 4 members (excludes halogenated alkanes) is 3. The summed E-state index contributed by atoms with van der Waals surface area (Å²) in [5.41, 5.74) is 2.57. The van der Waals surface area contributed by atoms with E-state index < -0.39 is 0 Å². The number of rotatable bonds is 7. The summed E-state index contributed by atoms with van der Waals surface area (Å²) in [6.07, 6.45) is 5.30. The summed E-state index contributed by atoms with van der Waals surface area (Å²) in [4.78, 5) is 0. The second kappa shape index (κ2) is 7.03. The Labute approximate surface area is 111 Å². The lowest BCUT2D eigenvalue weighted by atomic mass is 10.1. The summed E-state index contributed by atoms with van der Waals surface area (Å²) >= 11 is 5.81. The Hall–Kier alpha value is -0.530. The molecule has 1 aromatic carbocycles. The van der Waals surface area contributed by atoms with E-state index in [4.69, 9.17) is 11.6 Å². The minimum Gasteiger partial charge on any atom is -0.296 e. The van der Waals surface area contributed by atoms with Crippen LogP contribution in [0.15, 0.2) is 24.3 Å². The van der Waals surface area contributed by atoms with Crippen LogP contribution in [0, 0.1) is 0 Å². The maximum Gasteiger partial charge on any atom is 0.132 e. The van der Waals surface area contributed by atoms with Gasteiger partial charge in [0.15, 0.2) is 0 Å². The fourth-order valence-corrected chi connectivity index (χ4v) is 2.23. The van der Waals surface area contributed by atoms with Gasteiger partial charge in [-0.2, -0.15) is 0 Å². The molecular formula is C15H25ClN+. The van der Waals surface area contributed by atoms with Crippen LogP contribution in [0.2, 0.25) is 0 Å². The Morgan fingerprint density at radius 2 is 1.65 bits per heavy atom. The van der Waals surface area contributed by atoms with Gasteiger partial charge in [-0.05, 0) is 30.5 Å². The van der Waals surface area contributed by atoms with Crippen molar-refractivity contribution in [1.82, 2.24) is 4.48 Å². The molecule has 0 N–H and O–H groups in total. The monoisotopic (exact) mass is 254 g/mol. The van der Waals surface area contributed by atoms with Crippen LogP contribution in [0.1, 0.15) is 38.2 Å². The van der Waals surface area contributed by atoms with E-state index in [9.17, 15) is 0 Å². The van der Waals surface area contributed by atoms with E-state index >= 15 is 0 Å². The lowest BCUT2D eigenvalue weighted by Gasteiger charge is -2.29. The molecule has 0 aliphatic carbocycles. The maximum atomic E-state index is 5.81. The molecule has 0 fully saturated rings. The van der Waals surface area contributed by atoms with Crippen LogP contribution < -0.4 is 4.48 Å². The molecule has 0 radical (unpaired) electrons. The second-order valence-electron chi connectivity index (χ2n) is 5.27. The fourth-order valence-electron chi connectivity index (χ4n) is 2.05. The van der Waals surface area contributed by atoms with Crippen molar-refractivity contribution >= 4 is 17.3 Å². The predicted molar refractivity (Wildman–Crippen MR) is 78.7 cm³/mol. The van der Waals surface area contributed by atoms with Crippen LogP contribution in [0.5, 0.6) is 0 Å². The van der Waals surface area contributed by atoms with Gasteiger partial charge >= 0.3 is 0 Å². The molecule has 0 spiro atoms. The lowest BCUT2D eigenvalue weighted by Crippen LogP contribution is -2.41. The Balaban J connectivity index is 2.55. The average molecular weight is 255 g/mol. The zero-order chi connectivity index (χ0) is 12.7. The molecule has 0 unspecified atom stereocenters. The summed E-state index contributed by atoms with van der Waals surface area (Å²) in [5.74, 6) is 0.601. The summed E-state index contributed by atoms with van der Waals surface area (Å²) in [5, 5.41) is 0. The standard InChI is InChI=1S/C15H25ClN/c1-4-5-6-7-12-17(2,3)15-10-8-14(13-16)9-11-15/h8-11H,4-7,12-13H2,1-3H3/q+1. The zero-order valence-electron chi connectivity index (χ0n) is 11.4. The molecule has 0 saturated heterocycles. The summed E-state index contributed by atoms with van der Waals surface area (Å²) in [7, 11) is 4.56. The van der Waals surface area contributed by atoms with Crippen molar-refractivity contribution in [1.29, 1.82) is 0 Å². The third kappa shape index (κ3) is 4.69. The number of hydrogen-bond acceptors (Lipinski definition) is 0. The van der Waals surface area contributed by atoms with Crippen LogP contribution >= 0.6 is 11.6 Å². The van der Waals surface area contributed by atoms with Gasteiger partial charge < -0.3 is 0 Å². The Kier molecular flexibility index (Phi) is 6.01. The van der Waals surface area contributed by atoms with Crippen molar-refractivity contribution in [2.24, 2.45) is 0 Å². The van der Waals surface area contributed by atoms with E-state index in [1.165, 1.54) is 43.5 Å². The third-order valence-electron chi connectivity index (χ3n) is 3.36. The molecule has 1 rings (SSSR count). The van der Waals surface area contributed by atoms with Crippen LogP contribution in [-0.4, -0.2) is 20.6 Å². The van der Waals surface area contributed by atoms with Crippen molar-refractivity contribution in [3.63, 3.8) is 0 Å². The van der Waals surface area contributed by atoms with Gasteiger partial charge in [-0.3, -0.25) is 4.48 Å². The SMILES string of the molecule is CCCCCC[N+](C)(C)c1ccc(CCl)cc1. The molecule has 0 aliphatic heterocycles. The molecule has 1 nitrogen and oxygen atoms in total. The van der Waals surface area contributed by atoms with Crippen LogP contribution in [0.3, 0.4) is 0 Å². The van der Waals surface area contributed by atoms with Gasteiger partial charge in [0.05, 0.1) is 20.6 Å². The van der Waals surface area contributed by atoms with Crippen LogP contribution in [0.25, 0.3) is 0 Å². The van der Waals surface area contributed by atoms with E-state index in [2.05, 4.69) is 45.3 Å². The quantitative estimate of drug-likeness (QED) is 0.380. The minimum atomic E-state index is 0.601. The number of benzene rings is 1. The van der Waals surface area contributed by atoms with Gasteiger partial charge in [-0.1, -0.05) is 31.9 Å². The molecule has 0 atom stereocenters. The molecule has 0 bridgehead atoms. The average Bonchev–Trinajstić information content (AvgIpc) is 2.35. The van der Waals surface area contributed by atoms with Crippen LogP contribution in [-0.2, 0) is 5.88 Å². The van der Waals surface area contributed by atoms with Crippen LogP contribution in [0.4, 0.5) is 5.69 Å². The largest absolute Gasteiger partial charge is 0.296 e. The van der Waals surface area contributed by atoms with Crippen molar-refractivity contribution < 1.29 is 0 Å². The highest BCUT2D eigenvalue weighted by Gasteiger charge is 2.17. The van der Waals surface area contributed by atoms with Gasteiger partial charge in [0.2, 0.25) is 0 Å². The van der Waals surface area contributed by atoms with Crippen molar-refractivity contribution in [3.8, 4) is 0 Å². The van der Waals surface area contributed by atoms with Crippen molar-refractivity contribution in [2.75, 3.05) is 20.6 Å². The summed E-state index contributed by atoms with van der Waals surface area (Å²) in [6.45, 7) is 3.46. The third-order valence-corrected chi connectivity index (χ3v) is 3.67. The molecule has 17 heavy (non-hydrogen) atoms. The normalized spacial score (nSPS) is 11.8. The van der Waals surface area contributed by atoms with E-state index in [0.29, 0.717) is 5.88 Å². The minimum absolute atomic E-state index is 0.601. The number of quaternary nitrogens is 1. The smallest absolute Gasteiger partial charge is 0.132 e. The number of hydrogen-bond donors (Lipinski definition) is 0. The van der Waals surface area contributed by atoms with Gasteiger partial charge in [0, 0.05) is 5.88 Å². The highest BCUT2D eigenvalue weighted by atomic mass is 35.5. The van der Waals surface area contributed by atoms with Gasteiger partial charge in [-0.25, -0.2) is 0 Å². The molecule has 1 aromatic rings.